The first-order chi connectivity index (χ1) is 12.1. The van der Waals surface area contributed by atoms with E-state index in [1.165, 1.54) is 0 Å². The molecule has 0 aliphatic rings. The van der Waals surface area contributed by atoms with Crippen molar-refractivity contribution in [3.05, 3.63) is 81.8 Å². The van der Waals surface area contributed by atoms with E-state index in [2.05, 4.69) is 0 Å². The molecule has 0 unspecified atom stereocenters. The lowest BCUT2D eigenvalue weighted by Crippen LogP contribution is -2.20. The second-order valence-corrected chi connectivity index (χ2v) is 6.76. The molecule has 1 atom stereocenters. The van der Waals surface area contributed by atoms with Gasteiger partial charge in [0.25, 0.3) is 0 Å². The molecule has 25 heavy (non-hydrogen) atoms. The molecule has 0 saturated carbocycles. The molecule has 0 radical (unpaired) electrons. The van der Waals surface area contributed by atoms with Crippen LogP contribution in [-0.4, -0.2) is 12.1 Å². The zero-order valence-corrected chi connectivity index (χ0v) is 15.3. The molecule has 0 saturated heterocycles. The lowest BCUT2D eigenvalue weighted by molar-refractivity contribution is 0.0294. The van der Waals surface area contributed by atoms with Crippen molar-refractivity contribution in [1.82, 2.24) is 0 Å². The maximum absolute atomic E-state index is 12.5. The zero-order chi connectivity index (χ0) is 17.8. The van der Waals surface area contributed by atoms with Gasteiger partial charge in [0.05, 0.1) is 15.6 Å². The van der Waals surface area contributed by atoms with Crippen molar-refractivity contribution >= 4 is 39.9 Å². The highest BCUT2D eigenvalue weighted by Crippen LogP contribution is 2.24. The summed E-state index contributed by atoms with van der Waals surface area (Å²) in [5, 5.41) is 3.15. The number of rotatable bonds is 5. The van der Waals surface area contributed by atoms with Crippen molar-refractivity contribution in [3.63, 3.8) is 0 Å². The van der Waals surface area contributed by atoms with Crippen LogP contribution in [0.15, 0.2) is 60.7 Å². The van der Waals surface area contributed by atoms with Crippen LogP contribution in [0, 0.1) is 0 Å². The Bertz CT molecular complexity index is 905. The molecule has 0 aliphatic carbocycles. The summed E-state index contributed by atoms with van der Waals surface area (Å²) in [5.41, 5.74) is 1.55. The molecule has 0 bridgehead atoms. The molecule has 0 spiro atoms. The van der Waals surface area contributed by atoms with E-state index in [-0.39, 0.29) is 12.1 Å². The summed E-state index contributed by atoms with van der Waals surface area (Å²) in [4.78, 5) is 12.5. The highest BCUT2D eigenvalue weighted by Gasteiger charge is 2.16. The van der Waals surface area contributed by atoms with Gasteiger partial charge in [0.2, 0.25) is 0 Å². The number of fused-ring (bicyclic) bond motifs is 1. The maximum Gasteiger partial charge on any atom is 0.338 e. The van der Waals surface area contributed by atoms with Crippen LogP contribution in [0.3, 0.4) is 0 Å². The number of hydrogen-bond donors (Lipinski definition) is 0. The van der Waals surface area contributed by atoms with E-state index >= 15 is 0 Å². The fourth-order valence-electron chi connectivity index (χ4n) is 2.73. The first-order valence-electron chi connectivity index (χ1n) is 8.20. The molecule has 0 N–H and O–H groups in total. The molecule has 0 amide bonds. The van der Waals surface area contributed by atoms with Gasteiger partial charge in [-0.2, -0.15) is 0 Å². The molecule has 0 heterocycles. The summed E-state index contributed by atoms with van der Waals surface area (Å²) in [7, 11) is 0. The number of benzene rings is 3. The summed E-state index contributed by atoms with van der Waals surface area (Å²) in [6.07, 6.45) is 1.11. The highest BCUT2D eigenvalue weighted by molar-refractivity contribution is 6.42. The minimum atomic E-state index is -0.308. The van der Waals surface area contributed by atoms with Gasteiger partial charge in [-0.25, -0.2) is 4.79 Å². The Morgan fingerprint density at radius 1 is 0.960 bits per heavy atom. The molecule has 3 aromatic rings. The van der Waals surface area contributed by atoms with Crippen molar-refractivity contribution in [1.29, 1.82) is 0 Å². The molecule has 2 nitrogen and oxygen atoms in total. The number of esters is 1. The number of carbonyl (C=O) groups is 1. The van der Waals surface area contributed by atoms with Crippen LogP contribution in [0.5, 0.6) is 0 Å². The topological polar surface area (TPSA) is 26.3 Å². The van der Waals surface area contributed by atoms with Crippen molar-refractivity contribution < 1.29 is 9.53 Å². The Hall–Kier alpha value is -2.03. The van der Waals surface area contributed by atoms with E-state index in [4.69, 9.17) is 27.9 Å². The summed E-state index contributed by atoms with van der Waals surface area (Å²) in [5.74, 6) is -0.308. The standard InChI is InChI=1S/C21H18Cl2O2/c1-2-18(11-14-7-10-19(22)20(23)12-14)25-21(24)17-9-8-15-5-3-4-6-16(15)13-17/h3-10,12-13,18H,2,11H2,1H3/t18-/m1/s1. The fourth-order valence-corrected chi connectivity index (χ4v) is 3.06. The number of ether oxygens (including phenoxy) is 1. The van der Waals surface area contributed by atoms with E-state index in [0.717, 1.165) is 22.8 Å². The van der Waals surface area contributed by atoms with Gasteiger partial charge < -0.3 is 4.74 Å². The zero-order valence-electron chi connectivity index (χ0n) is 13.8. The SMILES string of the molecule is CC[C@H](Cc1ccc(Cl)c(Cl)c1)OC(=O)c1ccc2ccccc2c1. The van der Waals surface area contributed by atoms with E-state index < -0.39 is 0 Å². The predicted molar refractivity (Wildman–Crippen MR) is 104 cm³/mol. The Balaban J connectivity index is 1.73. The number of halogens is 2. The average Bonchev–Trinajstić information content (AvgIpc) is 2.63. The Morgan fingerprint density at radius 2 is 1.72 bits per heavy atom. The smallest absolute Gasteiger partial charge is 0.338 e. The molecule has 3 rings (SSSR count). The largest absolute Gasteiger partial charge is 0.458 e. The van der Waals surface area contributed by atoms with Crippen LogP contribution in [0.25, 0.3) is 10.8 Å². The van der Waals surface area contributed by atoms with E-state index in [1.54, 1.807) is 12.1 Å². The quantitative estimate of drug-likeness (QED) is 0.489. The van der Waals surface area contributed by atoms with Crippen LogP contribution in [0.4, 0.5) is 0 Å². The van der Waals surface area contributed by atoms with Crippen molar-refractivity contribution in [3.8, 4) is 0 Å². The first kappa shape index (κ1) is 17.8. The fraction of sp³-hybridized carbons (Fsp3) is 0.190. The van der Waals surface area contributed by atoms with Gasteiger partial charge in [-0.3, -0.25) is 0 Å². The third kappa shape index (κ3) is 4.33. The van der Waals surface area contributed by atoms with Crippen LogP contribution < -0.4 is 0 Å². The molecule has 0 aromatic heterocycles. The van der Waals surface area contributed by atoms with Gasteiger partial charge in [-0.1, -0.05) is 66.5 Å². The molecule has 0 aliphatic heterocycles. The second-order valence-electron chi connectivity index (χ2n) is 5.95. The Kier molecular flexibility index (Phi) is 5.62. The molecular weight excluding hydrogens is 355 g/mol. The Labute approximate surface area is 157 Å². The van der Waals surface area contributed by atoms with Gasteiger partial charge >= 0.3 is 5.97 Å². The minimum absolute atomic E-state index is 0.212. The third-order valence-electron chi connectivity index (χ3n) is 4.16. The number of carbonyl (C=O) groups excluding carboxylic acids is 1. The summed E-state index contributed by atoms with van der Waals surface area (Å²) >= 11 is 12.0. The molecule has 0 fully saturated rings. The van der Waals surface area contributed by atoms with E-state index in [9.17, 15) is 4.79 Å². The van der Waals surface area contributed by atoms with Gasteiger partial charge in [0.1, 0.15) is 6.10 Å². The lowest BCUT2D eigenvalue weighted by Gasteiger charge is -2.17. The van der Waals surface area contributed by atoms with Gasteiger partial charge in [-0.05, 0) is 47.0 Å². The van der Waals surface area contributed by atoms with E-state index in [0.29, 0.717) is 22.0 Å². The lowest BCUT2D eigenvalue weighted by atomic mass is 10.1. The van der Waals surface area contributed by atoms with Gasteiger partial charge in [0.15, 0.2) is 0 Å². The number of hydrogen-bond acceptors (Lipinski definition) is 2. The van der Waals surface area contributed by atoms with Crippen LogP contribution >= 0.6 is 23.2 Å². The van der Waals surface area contributed by atoms with Crippen molar-refractivity contribution in [2.24, 2.45) is 0 Å². The summed E-state index contributed by atoms with van der Waals surface area (Å²) in [6.45, 7) is 2.00. The minimum Gasteiger partial charge on any atom is -0.458 e. The van der Waals surface area contributed by atoms with Gasteiger partial charge in [-0.15, -0.1) is 0 Å². The highest BCUT2D eigenvalue weighted by atomic mass is 35.5. The van der Waals surface area contributed by atoms with Crippen molar-refractivity contribution in [2.75, 3.05) is 0 Å². The van der Waals surface area contributed by atoms with Crippen LogP contribution in [0.2, 0.25) is 10.0 Å². The van der Waals surface area contributed by atoms with Crippen LogP contribution in [0.1, 0.15) is 29.3 Å². The van der Waals surface area contributed by atoms with Crippen LogP contribution in [-0.2, 0) is 11.2 Å². The molecule has 3 aromatic carbocycles. The third-order valence-corrected chi connectivity index (χ3v) is 4.90. The molecule has 128 valence electrons. The maximum atomic E-state index is 12.5. The molecule has 4 heteroatoms. The first-order valence-corrected chi connectivity index (χ1v) is 8.96. The van der Waals surface area contributed by atoms with Gasteiger partial charge in [0, 0.05) is 6.42 Å². The Morgan fingerprint density at radius 3 is 2.44 bits per heavy atom. The van der Waals surface area contributed by atoms with Crippen molar-refractivity contribution in [2.45, 2.75) is 25.9 Å². The second kappa shape index (κ2) is 7.90. The van der Waals surface area contributed by atoms with E-state index in [1.807, 2.05) is 55.5 Å². The molecular formula is C21H18Cl2O2. The predicted octanol–water partition coefficient (Wildman–Crippen LogP) is 6.32. The average molecular weight is 373 g/mol. The monoisotopic (exact) mass is 372 g/mol. The summed E-state index contributed by atoms with van der Waals surface area (Å²) < 4.78 is 5.69. The summed E-state index contributed by atoms with van der Waals surface area (Å²) in [6, 6.07) is 19.0. The normalized spacial score (nSPS) is 12.1.